The van der Waals surface area contributed by atoms with E-state index in [2.05, 4.69) is 5.32 Å². The van der Waals surface area contributed by atoms with Gasteiger partial charge < -0.3 is 37.7 Å². The van der Waals surface area contributed by atoms with Crippen molar-refractivity contribution in [1.29, 1.82) is 0 Å². The molecule has 186 valence electrons. The number of ether oxygens (including phenoxy) is 2. The standard InChI is InChI=1S/C17H37NO10S2Si/c1-15(17(20)28-8-10-30(21,22)23)14-29-9-6-18-12-16(19)13-27-7-5-11-31(24-2,25-3)26-4/h15-16,18-19H,5-14H2,1-4H3,(H,21,22,23)/p-1. The summed E-state index contributed by atoms with van der Waals surface area (Å²) in [6.07, 6.45) is 0.0664. The highest BCUT2D eigenvalue weighted by atomic mass is 32.2. The van der Waals surface area contributed by atoms with Gasteiger partial charge in [0, 0.05) is 58.6 Å². The molecule has 0 aliphatic carbocycles. The van der Waals surface area contributed by atoms with E-state index in [-0.39, 0.29) is 6.61 Å². The molecule has 14 heteroatoms. The predicted molar refractivity (Wildman–Crippen MR) is 118 cm³/mol. The molecule has 0 heterocycles. The fourth-order valence-corrected chi connectivity index (χ4v) is 5.28. The van der Waals surface area contributed by atoms with E-state index >= 15 is 0 Å². The van der Waals surface area contributed by atoms with Gasteiger partial charge in [-0.2, -0.15) is 11.8 Å². The molecule has 2 atom stereocenters. The topological polar surface area (TPSA) is 153 Å². The molecule has 0 bridgehead atoms. The van der Waals surface area contributed by atoms with Gasteiger partial charge in [0.2, 0.25) is 0 Å². The van der Waals surface area contributed by atoms with Crippen molar-refractivity contribution >= 4 is 36.7 Å². The Hall–Kier alpha value is -0.293. The van der Waals surface area contributed by atoms with Crippen molar-refractivity contribution in [3.63, 3.8) is 0 Å². The zero-order chi connectivity index (χ0) is 23.8. The zero-order valence-corrected chi connectivity index (χ0v) is 21.3. The number of rotatable bonds is 20. The quantitative estimate of drug-likeness (QED) is 0.0963. The molecule has 0 rings (SSSR count). The van der Waals surface area contributed by atoms with Crippen LogP contribution in [0.25, 0.3) is 0 Å². The highest BCUT2D eigenvalue weighted by Crippen LogP contribution is 2.14. The summed E-state index contributed by atoms with van der Waals surface area (Å²) in [7, 11) is -2.28. The van der Waals surface area contributed by atoms with Crippen molar-refractivity contribution < 1.29 is 45.6 Å². The first-order valence-electron chi connectivity index (χ1n) is 9.89. The van der Waals surface area contributed by atoms with Crippen LogP contribution in [0.1, 0.15) is 13.3 Å². The Kier molecular flexibility index (Phi) is 17.1. The van der Waals surface area contributed by atoms with Crippen LogP contribution in [0, 0.1) is 5.92 Å². The Bertz CT molecular complexity index is 569. The molecule has 0 aliphatic rings. The van der Waals surface area contributed by atoms with Crippen LogP contribution in [0.15, 0.2) is 0 Å². The molecular weight excluding hydrogens is 470 g/mol. The number of aliphatic hydroxyl groups excluding tert-OH is 1. The van der Waals surface area contributed by atoms with Crippen LogP contribution in [0.3, 0.4) is 0 Å². The van der Waals surface area contributed by atoms with Gasteiger partial charge in [0.05, 0.1) is 34.5 Å². The highest BCUT2D eigenvalue weighted by Gasteiger charge is 2.36. The molecule has 0 saturated carbocycles. The number of hydrogen-bond acceptors (Lipinski definition) is 12. The number of esters is 1. The Morgan fingerprint density at radius 2 is 1.84 bits per heavy atom. The van der Waals surface area contributed by atoms with Crippen molar-refractivity contribution in [3.05, 3.63) is 0 Å². The lowest BCUT2D eigenvalue weighted by Crippen LogP contribution is -2.42. The maximum absolute atomic E-state index is 11.7. The summed E-state index contributed by atoms with van der Waals surface area (Å²) in [5, 5.41) is 13.0. The average molecular weight is 507 g/mol. The van der Waals surface area contributed by atoms with E-state index in [9.17, 15) is 22.9 Å². The summed E-state index contributed by atoms with van der Waals surface area (Å²) in [6.45, 7) is 2.95. The molecule has 0 aromatic carbocycles. The average Bonchev–Trinajstić information content (AvgIpc) is 2.72. The van der Waals surface area contributed by atoms with Gasteiger partial charge in [0.15, 0.2) is 0 Å². The van der Waals surface area contributed by atoms with Crippen LogP contribution in [0.4, 0.5) is 0 Å². The third kappa shape index (κ3) is 16.0. The smallest absolute Gasteiger partial charge is 0.500 e. The summed E-state index contributed by atoms with van der Waals surface area (Å²) < 4.78 is 57.6. The molecule has 0 fully saturated rings. The monoisotopic (exact) mass is 506 g/mol. The van der Waals surface area contributed by atoms with Gasteiger partial charge in [-0.15, -0.1) is 0 Å². The lowest BCUT2D eigenvalue weighted by atomic mass is 10.2. The predicted octanol–water partition coefficient (Wildman–Crippen LogP) is -0.321. The van der Waals surface area contributed by atoms with E-state index in [0.29, 0.717) is 37.9 Å². The lowest BCUT2D eigenvalue weighted by Gasteiger charge is -2.24. The Balaban J connectivity index is 3.69. The first-order chi connectivity index (χ1) is 14.6. The van der Waals surface area contributed by atoms with Crippen LogP contribution < -0.4 is 5.32 Å². The van der Waals surface area contributed by atoms with Crippen LogP contribution in [-0.4, -0.2) is 110 Å². The molecule has 0 aliphatic heterocycles. The first-order valence-corrected chi connectivity index (χ1v) is 14.6. The van der Waals surface area contributed by atoms with Gasteiger partial charge in [0.25, 0.3) is 0 Å². The van der Waals surface area contributed by atoms with Crippen LogP contribution in [-0.2, 0) is 37.7 Å². The highest BCUT2D eigenvalue weighted by molar-refractivity contribution is 7.99. The molecular formula is C17H36NO10S2Si-. The largest absolute Gasteiger partial charge is 0.748 e. The van der Waals surface area contributed by atoms with Gasteiger partial charge in [-0.25, -0.2) is 8.42 Å². The minimum absolute atomic E-state index is 0.212. The fraction of sp³-hybridized carbons (Fsp3) is 0.941. The van der Waals surface area contributed by atoms with Crippen LogP contribution in [0.5, 0.6) is 0 Å². The first kappa shape index (κ1) is 30.7. The number of aliphatic hydroxyl groups is 1. The number of carbonyl (C=O) groups is 1. The zero-order valence-electron chi connectivity index (χ0n) is 18.7. The number of carbonyl (C=O) groups excluding carboxylic acids is 1. The molecule has 0 radical (unpaired) electrons. The van der Waals surface area contributed by atoms with Crippen LogP contribution >= 0.6 is 11.8 Å². The van der Waals surface area contributed by atoms with Crippen molar-refractivity contribution in [2.24, 2.45) is 5.92 Å². The Morgan fingerprint density at radius 3 is 2.42 bits per heavy atom. The number of nitrogens with one attached hydrogen (secondary N) is 1. The van der Waals surface area contributed by atoms with E-state index < -0.39 is 49.3 Å². The van der Waals surface area contributed by atoms with Crippen molar-refractivity contribution in [3.8, 4) is 0 Å². The molecule has 2 unspecified atom stereocenters. The molecule has 0 amide bonds. The molecule has 2 N–H and O–H groups in total. The van der Waals surface area contributed by atoms with E-state index in [1.807, 2.05) is 0 Å². The second kappa shape index (κ2) is 17.2. The van der Waals surface area contributed by atoms with E-state index in [0.717, 1.165) is 5.75 Å². The Morgan fingerprint density at radius 1 is 1.19 bits per heavy atom. The summed E-state index contributed by atoms with van der Waals surface area (Å²) in [6, 6.07) is 0.631. The van der Waals surface area contributed by atoms with Crippen molar-refractivity contribution in [2.45, 2.75) is 25.5 Å². The number of hydrogen-bond donors (Lipinski definition) is 2. The van der Waals surface area contributed by atoms with Gasteiger partial charge in [-0.3, -0.25) is 4.79 Å². The Labute approximate surface area is 190 Å². The summed E-state index contributed by atoms with van der Waals surface area (Å²) in [5.41, 5.74) is 0. The molecule has 0 saturated heterocycles. The SMILES string of the molecule is CO[Si](CCCOCC(O)CNCCSCC(C)C(=O)OCCS(=O)(=O)[O-])(OC)OC. The second-order valence-electron chi connectivity index (χ2n) is 6.74. The molecule has 0 aromatic heterocycles. The van der Waals surface area contributed by atoms with Crippen LogP contribution in [0.2, 0.25) is 6.04 Å². The maximum Gasteiger partial charge on any atom is 0.500 e. The second-order valence-corrected chi connectivity index (χ2v) is 12.5. The fourth-order valence-electron chi connectivity index (χ4n) is 2.35. The molecule has 31 heavy (non-hydrogen) atoms. The maximum atomic E-state index is 11.7. The molecule has 11 nitrogen and oxygen atoms in total. The van der Waals surface area contributed by atoms with E-state index in [1.165, 1.54) is 11.8 Å². The third-order valence-corrected chi connectivity index (χ3v) is 8.89. The molecule has 0 spiro atoms. The van der Waals surface area contributed by atoms with Gasteiger partial charge in [0.1, 0.15) is 6.61 Å². The minimum Gasteiger partial charge on any atom is -0.748 e. The van der Waals surface area contributed by atoms with Gasteiger partial charge >= 0.3 is 14.8 Å². The van der Waals surface area contributed by atoms with Crippen molar-refractivity contribution in [2.75, 3.05) is 71.5 Å². The minimum atomic E-state index is -4.38. The van der Waals surface area contributed by atoms with E-state index in [4.69, 9.17) is 22.8 Å². The lowest BCUT2D eigenvalue weighted by molar-refractivity contribution is -0.146. The third-order valence-electron chi connectivity index (χ3n) is 4.17. The normalized spacial score (nSPS) is 14.4. The summed E-state index contributed by atoms with van der Waals surface area (Å²) in [4.78, 5) is 11.7. The van der Waals surface area contributed by atoms with Crippen molar-refractivity contribution in [1.82, 2.24) is 5.32 Å². The van der Waals surface area contributed by atoms with E-state index in [1.54, 1.807) is 28.3 Å². The summed E-state index contributed by atoms with van der Waals surface area (Å²) in [5.74, 6) is -0.430. The van der Waals surface area contributed by atoms with Gasteiger partial charge in [-0.1, -0.05) is 6.92 Å². The summed E-state index contributed by atoms with van der Waals surface area (Å²) >= 11 is 1.53. The van der Waals surface area contributed by atoms with Gasteiger partial charge in [-0.05, 0) is 6.42 Å². The molecule has 0 aromatic rings. The number of thioether (sulfide) groups is 1.